The van der Waals surface area contributed by atoms with Crippen LogP contribution in [0.3, 0.4) is 0 Å². The van der Waals surface area contributed by atoms with Crippen LogP contribution in [0.15, 0.2) is 36.4 Å². The molecule has 0 bridgehead atoms. The molecular weight excluding hydrogens is 618 g/mol. The normalized spacial score (nSPS) is 18.6. The third kappa shape index (κ3) is 9.75. The predicted octanol–water partition coefficient (Wildman–Crippen LogP) is 8.57. The molecule has 2 heterocycles. The highest BCUT2D eigenvalue weighted by Crippen LogP contribution is 2.41. The Kier molecular flexibility index (Phi) is 12.1. The van der Waals surface area contributed by atoms with Gasteiger partial charge in [-0.25, -0.2) is 0 Å². The van der Waals surface area contributed by atoms with Gasteiger partial charge in [-0.15, -0.1) is 0 Å². The Bertz CT molecular complexity index is 1370. The third-order valence-electron chi connectivity index (χ3n) is 9.97. The van der Waals surface area contributed by atoms with Crippen LogP contribution >= 0.6 is 0 Å². The number of benzene rings is 2. The highest BCUT2D eigenvalue weighted by Gasteiger charge is 2.39. The summed E-state index contributed by atoms with van der Waals surface area (Å²) < 4.78 is 80.8. The first-order valence-electron chi connectivity index (χ1n) is 16.5. The Morgan fingerprint density at radius 1 is 0.872 bits per heavy atom. The van der Waals surface area contributed by atoms with Crippen LogP contribution in [0.4, 0.5) is 26.3 Å². The van der Waals surface area contributed by atoms with Crippen molar-refractivity contribution in [1.82, 2.24) is 9.80 Å². The molecule has 4 rings (SSSR count). The lowest BCUT2D eigenvalue weighted by atomic mass is 9.68. The zero-order chi connectivity index (χ0) is 34.4. The smallest absolute Gasteiger partial charge is 0.313 e. The van der Waals surface area contributed by atoms with E-state index in [9.17, 15) is 31.1 Å². The minimum Gasteiger partial charge on any atom is -0.313 e. The van der Waals surface area contributed by atoms with Crippen LogP contribution in [0.25, 0.3) is 0 Å². The first-order valence-corrected chi connectivity index (χ1v) is 16.5. The number of nitrogens with one attached hydrogen (secondary N) is 2. The average molecular weight is 665 g/mol. The monoisotopic (exact) mass is 664 g/mol. The van der Waals surface area contributed by atoms with Crippen LogP contribution < -0.4 is 0 Å². The summed E-state index contributed by atoms with van der Waals surface area (Å²) in [5.41, 5.74) is -1.55. The molecule has 2 saturated heterocycles. The van der Waals surface area contributed by atoms with Gasteiger partial charge in [-0.2, -0.15) is 26.3 Å². The second-order valence-corrected chi connectivity index (χ2v) is 13.4. The average Bonchev–Trinajstić information content (AvgIpc) is 3.03. The van der Waals surface area contributed by atoms with Gasteiger partial charge in [-0.3, -0.25) is 4.79 Å². The van der Waals surface area contributed by atoms with Crippen molar-refractivity contribution in [3.63, 3.8) is 0 Å². The minimum atomic E-state index is -5.03. The number of carbonyl (C=O) groups is 1. The molecule has 47 heavy (non-hydrogen) atoms. The molecule has 11 heteroatoms. The molecular formula is C36H46F6N4O. The van der Waals surface area contributed by atoms with Crippen molar-refractivity contribution in [1.29, 1.82) is 10.8 Å². The van der Waals surface area contributed by atoms with Gasteiger partial charge in [-0.1, -0.05) is 30.2 Å². The molecule has 5 nitrogen and oxygen atoms in total. The zero-order valence-corrected chi connectivity index (χ0v) is 27.3. The van der Waals surface area contributed by atoms with Gasteiger partial charge >= 0.3 is 12.4 Å². The van der Waals surface area contributed by atoms with Crippen molar-refractivity contribution in [2.24, 2.45) is 0 Å². The van der Waals surface area contributed by atoms with Crippen LogP contribution in [0.1, 0.15) is 91.2 Å². The Balaban J connectivity index is 1.57. The molecule has 0 saturated carbocycles. The van der Waals surface area contributed by atoms with Crippen molar-refractivity contribution in [3.8, 4) is 0 Å². The van der Waals surface area contributed by atoms with Crippen LogP contribution in [0.5, 0.6) is 0 Å². The summed E-state index contributed by atoms with van der Waals surface area (Å²) in [4.78, 5) is 18.4. The first kappa shape index (κ1) is 36.8. The van der Waals surface area contributed by atoms with Crippen LogP contribution in [0, 0.1) is 24.7 Å². The second kappa shape index (κ2) is 15.4. The third-order valence-corrected chi connectivity index (χ3v) is 9.97. The topological polar surface area (TPSA) is 71.2 Å². The number of Topliss-reactive ketones (excluding diaryl/α,β-unsaturated/α-hetero) is 1. The standard InChI is InChI=1S/C36H46F6N4O/c1-25-7-8-26(2)31(19-25)34(11-6-13-43,12-18-45-16-9-30(10-17-45)46-14-4-3-5-15-46)24-32(44)33(47)22-27-20-28(35(37,38)39)23-29(21-27)36(40,41)42/h7-8,13,19-21,23,30,43-44H,3-6,9-12,14-18,22,24H2,1-2H3/t34-/m0/s1. The van der Waals surface area contributed by atoms with E-state index in [0.717, 1.165) is 55.7 Å². The molecule has 0 radical (unpaired) electrons. The highest BCUT2D eigenvalue weighted by molar-refractivity contribution is 6.39. The van der Waals surface area contributed by atoms with Crippen LogP contribution in [-0.4, -0.2) is 66.3 Å². The van der Waals surface area contributed by atoms with E-state index in [4.69, 9.17) is 10.8 Å². The number of likely N-dealkylation sites (tertiary alicyclic amines) is 2. The molecule has 0 spiro atoms. The second-order valence-electron chi connectivity index (χ2n) is 13.4. The van der Waals surface area contributed by atoms with Crippen molar-refractivity contribution in [2.45, 2.75) is 102 Å². The fourth-order valence-electron chi connectivity index (χ4n) is 7.34. The maximum absolute atomic E-state index is 13.5. The molecule has 2 fully saturated rings. The van der Waals surface area contributed by atoms with E-state index in [1.807, 2.05) is 32.0 Å². The lowest BCUT2D eigenvalue weighted by Crippen LogP contribution is -2.47. The number of piperidine rings is 2. The number of alkyl halides is 6. The summed E-state index contributed by atoms with van der Waals surface area (Å²) in [6, 6.07) is 7.74. The van der Waals surface area contributed by atoms with Crippen LogP contribution in [-0.2, 0) is 29.0 Å². The van der Waals surface area contributed by atoms with E-state index in [-0.39, 0.29) is 18.2 Å². The summed E-state index contributed by atoms with van der Waals surface area (Å²) in [6.07, 6.45) is -2.14. The number of aryl methyl sites for hydroxylation is 2. The Hall–Kier alpha value is -3.05. The van der Waals surface area contributed by atoms with Crippen LogP contribution in [0.2, 0.25) is 0 Å². The number of nitrogens with zero attached hydrogens (tertiary/aromatic N) is 2. The predicted molar refractivity (Wildman–Crippen MR) is 173 cm³/mol. The largest absolute Gasteiger partial charge is 0.416 e. The number of carbonyl (C=O) groups excluding carboxylic acids is 1. The van der Waals surface area contributed by atoms with Gasteiger partial charge in [-0.05, 0) is 133 Å². The number of rotatable bonds is 13. The Morgan fingerprint density at radius 3 is 2.06 bits per heavy atom. The first-order chi connectivity index (χ1) is 22.1. The van der Waals surface area contributed by atoms with Crippen molar-refractivity contribution in [2.75, 3.05) is 32.7 Å². The fourth-order valence-corrected chi connectivity index (χ4v) is 7.34. The lowest BCUT2D eigenvalue weighted by Gasteiger charge is -2.42. The van der Waals surface area contributed by atoms with E-state index in [1.165, 1.54) is 25.5 Å². The summed E-state index contributed by atoms with van der Waals surface area (Å²) in [5.74, 6) is -0.815. The molecule has 1 atom stereocenters. The highest BCUT2D eigenvalue weighted by atomic mass is 19.4. The maximum atomic E-state index is 13.5. The van der Waals surface area contributed by atoms with Crippen molar-refractivity contribution in [3.05, 3.63) is 69.8 Å². The molecule has 258 valence electrons. The van der Waals surface area contributed by atoms with Crippen molar-refractivity contribution < 1.29 is 31.1 Å². The number of hydrogen-bond acceptors (Lipinski definition) is 5. The van der Waals surface area contributed by atoms with Gasteiger partial charge in [0.1, 0.15) is 0 Å². The number of halogens is 6. The maximum Gasteiger partial charge on any atom is 0.416 e. The summed E-state index contributed by atoms with van der Waals surface area (Å²) in [5, 5.41) is 16.7. The summed E-state index contributed by atoms with van der Waals surface area (Å²) >= 11 is 0. The molecule has 0 aromatic heterocycles. The van der Waals surface area contributed by atoms with E-state index in [0.29, 0.717) is 44.0 Å². The van der Waals surface area contributed by atoms with E-state index in [1.54, 1.807) is 0 Å². The van der Waals surface area contributed by atoms with E-state index in [2.05, 4.69) is 9.80 Å². The molecule has 2 aromatic rings. The molecule has 2 aromatic carbocycles. The van der Waals surface area contributed by atoms with Gasteiger partial charge in [0.25, 0.3) is 0 Å². The van der Waals surface area contributed by atoms with Gasteiger partial charge in [0, 0.05) is 24.3 Å². The van der Waals surface area contributed by atoms with Crippen molar-refractivity contribution >= 4 is 17.7 Å². The zero-order valence-electron chi connectivity index (χ0n) is 27.3. The fraction of sp³-hybridized carbons (Fsp3) is 0.583. The molecule has 2 aliphatic heterocycles. The quantitative estimate of drug-likeness (QED) is 0.167. The molecule has 0 aliphatic carbocycles. The number of hydrogen-bond donors (Lipinski definition) is 2. The van der Waals surface area contributed by atoms with Gasteiger partial charge in [0.2, 0.25) is 0 Å². The van der Waals surface area contributed by atoms with Gasteiger partial charge in [0.05, 0.1) is 16.8 Å². The Labute approximate surface area is 273 Å². The molecule has 0 unspecified atom stereocenters. The van der Waals surface area contributed by atoms with Gasteiger partial charge in [0.15, 0.2) is 5.78 Å². The summed E-state index contributed by atoms with van der Waals surface area (Å²) in [6.45, 7) is 8.80. The lowest BCUT2D eigenvalue weighted by molar-refractivity contribution is -0.143. The van der Waals surface area contributed by atoms with E-state index >= 15 is 0 Å². The van der Waals surface area contributed by atoms with Gasteiger partial charge < -0.3 is 20.6 Å². The van der Waals surface area contributed by atoms with E-state index < -0.39 is 46.7 Å². The Morgan fingerprint density at radius 2 is 1.49 bits per heavy atom. The molecule has 0 amide bonds. The molecule has 2 aliphatic rings. The minimum absolute atomic E-state index is 0.0285. The summed E-state index contributed by atoms with van der Waals surface area (Å²) in [7, 11) is 0. The molecule has 2 N–H and O–H groups in total. The SMILES string of the molecule is Cc1ccc(C)c([C@@](CCC=N)(CCN2CCC(N3CCCCC3)CC2)CC(=N)C(=O)Cc2cc(C(F)(F)F)cc(C(F)(F)F)c2)c1. The number of ketones is 1.